The molecule has 2 heterocycles. The first kappa shape index (κ1) is 14.0. The number of thiophene rings is 1. The van der Waals surface area contributed by atoms with E-state index in [1.54, 1.807) is 4.88 Å². The zero-order valence-corrected chi connectivity index (χ0v) is 12.7. The van der Waals surface area contributed by atoms with E-state index in [4.69, 9.17) is 0 Å². The predicted molar refractivity (Wildman–Crippen MR) is 80.2 cm³/mol. The van der Waals surface area contributed by atoms with Crippen molar-refractivity contribution in [1.82, 2.24) is 10.2 Å². The summed E-state index contributed by atoms with van der Waals surface area (Å²) in [6.07, 6.45) is 2.61. The molecule has 102 valence electrons. The van der Waals surface area contributed by atoms with E-state index in [1.807, 2.05) is 11.3 Å². The Morgan fingerprint density at radius 1 is 1.39 bits per heavy atom. The average Bonchev–Trinajstić information content (AvgIpc) is 2.75. The molecule has 0 aliphatic carbocycles. The fourth-order valence-corrected chi connectivity index (χ4v) is 3.66. The molecule has 1 aromatic rings. The molecule has 18 heavy (non-hydrogen) atoms. The third kappa shape index (κ3) is 3.81. The van der Waals surface area contributed by atoms with Crippen molar-refractivity contribution in [3.8, 4) is 0 Å². The van der Waals surface area contributed by atoms with E-state index in [0.29, 0.717) is 0 Å². The summed E-state index contributed by atoms with van der Waals surface area (Å²) < 4.78 is 0. The van der Waals surface area contributed by atoms with Crippen LogP contribution in [0.5, 0.6) is 0 Å². The van der Waals surface area contributed by atoms with Crippen LogP contribution < -0.4 is 5.32 Å². The Balaban J connectivity index is 2.02. The molecule has 1 aliphatic heterocycles. The molecule has 1 aliphatic rings. The van der Waals surface area contributed by atoms with Gasteiger partial charge in [0.05, 0.1) is 0 Å². The lowest BCUT2D eigenvalue weighted by atomic mass is 10.0. The number of nitrogens with zero attached hydrogens (tertiary/aromatic N) is 1. The highest BCUT2D eigenvalue weighted by Crippen LogP contribution is 2.22. The molecule has 0 saturated carbocycles. The van der Waals surface area contributed by atoms with E-state index in [0.717, 1.165) is 18.5 Å². The van der Waals surface area contributed by atoms with Crippen molar-refractivity contribution >= 4 is 11.3 Å². The maximum atomic E-state index is 3.47. The van der Waals surface area contributed by atoms with Crippen LogP contribution in [0.2, 0.25) is 0 Å². The summed E-state index contributed by atoms with van der Waals surface area (Å²) in [5.74, 6) is 0.750. The maximum Gasteiger partial charge on any atom is 0.0333 e. The highest BCUT2D eigenvalue weighted by Gasteiger charge is 2.22. The van der Waals surface area contributed by atoms with Crippen molar-refractivity contribution in [2.24, 2.45) is 5.92 Å². The van der Waals surface area contributed by atoms with E-state index in [2.05, 4.69) is 42.4 Å². The van der Waals surface area contributed by atoms with Gasteiger partial charge in [0, 0.05) is 24.0 Å². The molecule has 2 rings (SSSR count). The summed E-state index contributed by atoms with van der Waals surface area (Å²) in [4.78, 5) is 4.26. The van der Waals surface area contributed by atoms with E-state index < -0.39 is 0 Å². The molecule has 1 saturated heterocycles. The summed E-state index contributed by atoms with van der Waals surface area (Å²) in [7, 11) is 0. The van der Waals surface area contributed by atoms with Crippen molar-refractivity contribution in [2.75, 3.05) is 19.6 Å². The number of nitrogens with one attached hydrogen (secondary N) is 1. The zero-order valence-electron chi connectivity index (χ0n) is 11.9. The molecule has 0 spiro atoms. The number of hydrogen-bond donors (Lipinski definition) is 1. The fourth-order valence-electron chi connectivity index (χ4n) is 2.73. The normalized spacial score (nSPS) is 17.8. The van der Waals surface area contributed by atoms with Crippen LogP contribution >= 0.6 is 11.3 Å². The molecular formula is C15H26N2S. The van der Waals surface area contributed by atoms with Gasteiger partial charge in [0.1, 0.15) is 0 Å². The molecule has 1 fully saturated rings. The van der Waals surface area contributed by atoms with Crippen molar-refractivity contribution in [3.63, 3.8) is 0 Å². The summed E-state index contributed by atoms with van der Waals surface area (Å²) >= 11 is 1.91. The molecule has 1 N–H and O–H groups in total. The lowest BCUT2D eigenvalue weighted by Gasteiger charge is -2.35. The van der Waals surface area contributed by atoms with Gasteiger partial charge in [0.15, 0.2) is 0 Å². The lowest BCUT2D eigenvalue weighted by Crippen LogP contribution is -2.44. The first-order chi connectivity index (χ1) is 8.66. The van der Waals surface area contributed by atoms with Gasteiger partial charge in [-0.2, -0.15) is 0 Å². The first-order valence-corrected chi connectivity index (χ1v) is 8.02. The minimum atomic E-state index is 0.750. The van der Waals surface area contributed by atoms with Crippen LogP contribution in [-0.2, 0) is 6.54 Å². The standard InChI is InChI=1S/C15H26N2S/c1-12(2)10-17(14-4-7-16-8-5-14)11-15-13(3)6-9-18-15/h6,9,12,14,16H,4-5,7-8,10-11H2,1-3H3. The van der Waals surface area contributed by atoms with Crippen molar-refractivity contribution in [3.05, 3.63) is 21.9 Å². The average molecular weight is 266 g/mol. The minimum absolute atomic E-state index is 0.750. The Hall–Kier alpha value is -0.380. The van der Waals surface area contributed by atoms with Crippen LogP contribution in [0.25, 0.3) is 0 Å². The second-order valence-electron chi connectivity index (χ2n) is 5.83. The highest BCUT2D eigenvalue weighted by molar-refractivity contribution is 7.10. The largest absolute Gasteiger partial charge is 0.317 e. The van der Waals surface area contributed by atoms with Gasteiger partial charge in [-0.1, -0.05) is 13.8 Å². The van der Waals surface area contributed by atoms with E-state index in [1.165, 1.54) is 38.0 Å². The van der Waals surface area contributed by atoms with Crippen LogP contribution in [0.3, 0.4) is 0 Å². The molecule has 0 radical (unpaired) electrons. The topological polar surface area (TPSA) is 15.3 Å². The quantitative estimate of drug-likeness (QED) is 0.880. The van der Waals surface area contributed by atoms with Gasteiger partial charge in [-0.25, -0.2) is 0 Å². The molecule has 0 amide bonds. The van der Waals surface area contributed by atoms with Gasteiger partial charge in [-0.15, -0.1) is 11.3 Å². The molecule has 0 aromatic carbocycles. The Kier molecular flexibility index (Phi) is 5.22. The smallest absolute Gasteiger partial charge is 0.0333 e. The molecule has 0 unspecified atom stereocenters. The SMILES string of the molecule is Cc1ccsc1CN(CC(C)C)C1CCNCC1. The van der Waals surface area contributed by atoms with Crippen LogP contribution in [0.1, 0.15) is 37.1 Å². The van der Waals surface area contributed by atoms with Gasteiger partial charge >= 0.3 is 0 Å². The molecule has 1 aromatic heterocycles. The fraction of sp³-hybridized carbons (Fsp3) is 0.733. The second kappa shape index (κ2) is 6.69. The van der Waals surface area contributed by atoms with Gasteiger partial charge < -0.3 is 5.32 Å². The van der Waals surface area contributed by atoms with Gasteiger partial charge in [0.25, 0.3) is 0 Å². The molecule has 2 nitrogen and oxygen atoms in total. The Morgan fingerprint density at radius 3 is 2.67 bits per heavy atom. The summed E-state index contributed by atoms with van der Waals surface area (Å²) in [6, 6.07) is 3.02. The summed E-state index contributed by atoms with van der Waals surface area (Å²) in [5, 5.41) is 5.69. The number of piperidine rings is 1. The molecule has 0 bridgehead atoms. The van der Waals surface area contributed by atoms with Crippen molar-refractivity contribution < 1.29 is 0 Å². The zero-order chi connectivity index (χ0) is 13.0. The van der Waals surface area contributed by atoms with Gasteiger partial charge in [-0.3, -0.25) is 4.90 Å². The first-order valence-electron chi connectivity index (χ1n) is 7.14. The number of hydrogen-bond acceptors (Lipinski definition) is 3. The van der Waals surface area contributed by atoms with Crippen LogP contribution in [0, 0.1) is 12.8 Å². The van der Waals surface area contributed by atoms with E-state index >= 15 is 0 Å². The number of rotatable bonds is 5. The minimum Gasteiger partial charge on any atom is -0.317 e. The Labute approximate surface area is 115 Å². The molecule has 0 atom stereocenters. The van der Waals surface area contributed by atoms with Crippen LogP contribution in [0.4, 0.5) is 0 Å². The molecule has 3 heteroatoms. The third-order valence-corrected chi connectivity index (χ3v) is 4.75. The van der Waals surface area contributed by atoms with Crippen molar-refractivity contribution in [1.29, 1.82) is 0 Å². The summed E-state index contributed by atoms with van der Waals surface area (Å²) in [6.45, 7) is 11.6. The van der Waals surface area contributed by atoms with E-state index in [9.17, 15) is 0 Å². The third-order valence-electron chi connectivity index (χ3n) is 3.74. The van der Waals surface area contributed by atoms with Gasteiger partial charge in [-0.05, 0) is 55.8 Å². The van der Waals surface area contributed by atoms with Gasteiger partial charge in [0.2, 0.25) is 0 Å². The predicted octanol–water partition coefficient (Wildman–Crippen LogP) is 3.27. The lowest BCUT2D eigenvalue weighted by molar-refractivity contribution is 0.138. The van der Waals surface area contributed by atoms with Crippen LogP contribution in [0.15, 0.2) is 11.4 Å². The van der Waals surface area contributed by atoms with Crippen molar-refractivity contribution in [2.45, 2.75) is 46.2 Å². The monoisotopic (exact) mass is 266 g/mol. The number of aryl methyl sites for hydroxylation is 1. The Bertz CT molecular complexity index is 353. The highest BCUT2D eigenvalue weighted by atomic mass is 32.1. The summed E-state index contributed by atoms with van der Waals surface area (Å²) in [5.41, 5.74) is 1.46. The maximum absolute atomic E-state index is 3.47. The second-order valence-corrected chi connectivity index (χ2v) is 6.83. The molecular weight excluding hydrogens is 240 g/mol. The Morgan fingerprint density at radius 2 is 2.11 bits per heavy atom. The van der Waals surface area contributed by atoms with Crippen LogP contribution in [-0.4, -0.2) is 30.6 Å². The van der Waals surface area contributed by atoms with E-state index in [-0.39, 0.29) is 0 Å².